The van der Waals surface area contributed by atoms with E-state index in [1.54, 1.807) is 0 Å². The molecule has 1 aromatic heterocycles. The van der Waals surface area contributed by atoms with Gasteiger partial charge in [0.25, 0.3) is 0 Å². The van der Waals surface area contributed by atoms with Crippen LogP contribution in [0.1, 0.15) is 17.7 Å². The Morgan fingerprint density at radius 1 is 0.647 bits per heavy atom. The molecule has 0 unspecified atom stereocenters. The Morgan fingerprint density at radius 2 is 1.21 bits per heavy atom. The van der Waals surface area contributed by atoms with Crippen molar-refractivity contribution < 1.29 is 0 Å². The molecule has 0 atom stereocenters. The standard InChI is InChI=1S/C30H22Cl2N2/c31-22-8-14-25(15-9-22)34(26-16-10-23(32)11-17-26)24-12-5-20(6-13-24)21-7-18-28-27-3-1-2-4-29(27)33-30(28)19-21/h1,3,5-19,33H,2,4H2. The molecular weight excluding hydrogens is 459 g/mol. The van der Waals surface area contributed by atoms with Crippen molar-refractivity contribution in [1.82, 2.24) is 4.98 Å². The summed E-state index contributed by atoms with van der Waals surface area (Å²) in [5, 5.41) is 2.72. The summed E-state index contributed by atoms with van der Waals surface area (Å²) in [4.78, 5) is 5.83. The maximum absolute atomic E-state index is 6.15. The van der Waals surface area contributed by atoms with Gasteiger partial charge >= 0.3 is 0 Å². The zero-order valence-corrected chi connectivity index (χ0v) is 19.9. The van der Waals surface area contributed by atoms with Gasteiger partial charge in [0, 0.05) is 49.3 Å². The SMILES string of the molecule is Clc1ccc(N(c2ccc(Cl)cc2)c2ccc(-c3ccc4c5c([nH]c4c3)CCC=C5)cc2)cc1. The third-order valence-corrected chi connectivity index (χ3v) is 6.90. The molecule has 1 aliphatic rings. The van der Waals surface area contributed by atoms with Crippen molar-refractivity contribution in [1.29, 1.82) is 0 Å². The van der Waals surface area contributed by atoms with E-state index in [2.05, 4.69) is 64.5 Å². The Bertz CT molecular complexity index is 1450. The highest BCUT2D eigenvalue weighted by molar-refractivity contribution is 6.31. The van der Waals surface area contributed by atoms with E-state index >= 15 is 0 Å². The molecule has 1 N–H and O–H groups in total. The number of benzene rings is 4. The topological polar surface area (TPSA) is 19.0 Å². The fraction of sp³-hybridized carbons (Fsp3) is 0.0667. The molecule has 0 radical (unpaired) electrons. The minimum absolute atomic E-state index is 0.715. The fourth-order valence-electron chi connectivity index (χ4n) is 4.70. The Balaban J connectivity index is 1.38. The van der Waals surface area contributed by atoms with Gasteiger partial charge in [-0.25, -0.2) is 0 Å². The molecule has 0 bridgehead atoms. The molecule has 1 aliphatic carbocycles. The van der Waals surface area contributed by atoms with Gasteiger partial charge < -0.3 is 9.88 Å². The maximum atomic E-state index is 6.15. The van der Waals surface area contributed by atoms with Crippen LogP contribution in [-0.4, -0.2) is 4.98 Å². The number of rotatable bonds is 4. The third-order valence-electron chi connectivity index (χ3n) is 6.39. The van der Waals surface area contributed by atoms with Crippen LogP contribution in [0.5, 0.6) is 0 Å². The normalized spacial score (nSPS) is 12.6. The zero-order valence-electron chi connectivity index (χ0n) is 18.4. The molecule has 0 aliphatic heterocycles. The van der Waals surface area contributed by atoms with Crippen LogP contribution in [0.2, 0.25) is 10.0 Å². The van der Waals surface area contributed by atoms with Crippen molar-refractivity contribution in [3.05, 3.63) is 118 Å². The summed E-state index contributed by atoms with van der Waals surface area (Å²) >= 11 is 12.3. The molecule has 4 heteroatoms. The van der Waals surface area contributed by atoms with Gasteiger partial charge in [-0.2, -0.15) is 0 Å². The highest BCUT2D eigenvalue weighted by atomic mass is 35.5. The Labute approximate surface area is 209 Å². The number of aryl methyl sites for hydroxylation is 1. The molecule has 5 aromatic rings. The number of hydrogen-bond acceptors (Lipinski definition) is 1. The highest BCUT2D eigenvalue weighted by Crippen LogP contribution is 2.37. The quantitative estimate of drug-likeness (QED) is 0.271. The highest BCUT2D eigenvalue weighted by Gasteiger charge is 2.14. The monoisotopic (exact) mass is 480 g/mol. The van der Waals surface area contributed by atoms with Gasteiger partial charge in [0.05, 0.1) is 0 Å². The van der Waals surface area contributed by atoms with Gasteiger partial charge in [-0.1, -0.05) is 59.6 Å². The van der Waals surface area contributed by atoms with Gasteiger partial charge in [-0.05, 0) is 90.7 Å². The van der Waals surface area contributed by atoms with Crippen molar-refractivity contribution >= 4 is 57.2 Å². The summed E-state index contributed by atoms with van der Waals surface area (Å²) in [5.41, 5.74) is 9.39. The summed E-state index contributed by atoms with van der Waals surface area (Å²) in [5.74, 6) is 0. The number of anilines is 3. The van der Waals surface area contributed by atoms with E-state index in [1.807, 2.05) is 48.5 Å². The van der Waals surface area contributed by atoms with Crippen molar-refractivity contribution in [3.63, 3.8) is 0 Å². The fourth-order valence-corrected chi connectivity index (χ4v) is 4.95. The second-order valence-electron chi connectivity index (χ2n) is 8.55. The summed E-state index contributed by atoms with van der Waals surface area (Å²) in [6.45, 7) is 0. The Kier molecular flexibility index (Phi) is 5.41. The predicted octanol–water partition coefficient (Wildman–Crippen LogP) is 9.57. The molecule has 0 fully saturated rings. The number of nitrogens with one attached hydrogen (secondary N) is 1. The summed E-state index contributed by atoms with van der Waals surface area (Å²) in [6.07, 6.45) is 6.69. The first-order chi connectivity index (χ1) is 16.7. The van der Waals surface area contributed by atoms with Gasteiger partial charge in [0.2, 0.25) is 0 Å². The molecule has 0 amide bonds. The van der Waals surface area contributed by atoms with Gasteiger partial charge in [0.15, 0.2) is 0 Å². The molecule has 0 saturated heterocycles. The van der Waals surface area contributed by atoms with Gasteiger partial charge in [-0.15, -0.1) is 0 Å². The van der Waals surface area contributed by atoms with Crippen molar-refractivity contribution in [2.75, 3.05) is 4.90 Å². The minimum Gasteiger partial charge on any atom is -0.358 e. The first-order valence-electron chi connectivity index (χ1n) is 11.4. The number of nitrogens with zero attached hydrogens (tertiary/aromatic N) is 1. The number of fused-ring (bicyclic) bond motifs is 3. The van der Waals surface area contributed by atoms with Crippen LogP contribution in [0, 0.1) is 0 Å². The molecule has 4 aromatic carbocycles. The molecule has 0 spiro atoms. The number of aromatic nitrogens is 1. The average molecular weight is 481 g/mol. The van der Waals surface area contributed by atoms with E-state index in [0.29, 0.717) is 10.0 Å². The second kappa shape index (κ2) is 8.72. The molecule has 2 nitrogen and oxygen atoms in total. The Hall–Kier alpha value is -3.46. The smallest absolute Gasteiger partial charge is 0.0468 e. The van der Waals surface area contributed by atoms with E-state index in [4.69, 9.17) is 23.2 Å². The number of hydrogen-bond donors (Lipinski definition) is 1. The van der Waals surface area contributed by atoms with Crippen molar-refractivity contribution in [3.8, 4) is 11.1 Å². The summed E-state index contributed by atoms with van der Waals surface area (Å²) in [6, 6.07) is 31.1. The maximum Gasteiger partial charge on any atom is 0.0468 e. The molecular formula is C30H22Cl2N2. The van der Waals surface area contributed by atoms with Gasteiger partial charge in [-0.3, -0.25) is 0 Å². The molecule has 34 heavy (non-hydrogen) atoms. The molecule has 1 heterocycles. The van der Waals surface area contributed by atoms with Crippen LogP contribution in [-0.2, 0) is 6.42 Å². The van der Waals surface area contributed by atoms with Crippen molar-refractivity contribution in [2.45, 2.75) is 12.8 Å². The van der Waals surface area contributed by atoms with E-state index in [0.717, 1.165) is 29.9 Å². The summed E-state index contributed by atoms with van der Waals surface area (Å²) < 4.78 is 0. The third kappa shape index (κ3) is 3.90. The lowest BCUT2D eigenvalue weighted by molar-refractivity contribution is 0.951. The lowest BCUT2D eigenvalue weighted by Crippen LogP contribution is -2.09. The second-order valence-corrected chi connectivity index (χ2v) is 9.43. The number of aromatic amines is 1. The van der Waals surface area contributed by atoms with Crippen LogP contribution in [0.15, 0.2) is 97.1 Å². The van der Waals surface area contributed by atoms with Crippen molar-refractivity contribution in [2.24, 2.45) is 0 Å². The van der Waals surface area contributed by atoms with Crippen LogP contribution >= 0.6 is 23.2 Å². The minimum atomic E-state index is 0.715. The number of H-pyrrole nitrogens is 1. The first-order valence-corrected chi connectivity index (χ1v) is 12.1. The number of allylic oxidation sites excluding steroid dienone is 1. The molecule has 6 rings (SSSR count). The predicted molar refractivity (Wildman–Crippen MR) is 146 cm³/mol. The lowest BCUT2D eigenvalue weighted by Gasteiger charge is -2.25. The van der Waals surface area contributed by atoms with Crippen LogP contribution in [0.25, 0.3) is 28.1 Å². The van der Waals surface area contributed by atoms with E-state index in [9.17, 15) is 0 Å². The van der Waals surface area contributed by atoms with Gasteiger partial charge in [0.1, 0.15) is 0 Å². The molecule has 166 valence electrons. The lowest BCUT2D eigenvalue weighted by atomic mass is 10.00. The Morgan fingerprint density at radius 3 is 1.82 bits per heavy atom. The van der Waals surface area contributed by atoms with E-state index < -0.39 is 0 Å². The van der Waals surface area contributed by atoms with Crippen LogP contribution < -0.4 is 4.90 Å². The number of halogens is 2. The van der Waals surface area contributed by atoms with Crippen LogP contribution in [0.3, 0.4) is 0 Å². The van der Waals surface area contributed by atoms with E-state index in [-0.39, 0.29) is 0 Å². The average Bonchev–Trinajstić information content (AvgIpc) is 3.25. The zero-order chi connectivity index (χ0) is 23.1. The first kappa shape index (κ1) is 21.1. The largest absolute Gasteiger partial charge is 0.358 e. The van der Waals surface area contributed by atoms with Crippen LogP contribution in [0.4, 0.5) is 17.1 Å². The summed E-state index contributed by atoms with van der Waals surface area (Å²) in [7, 11) is 0. The van der Waals surface area contributed by atoms with E-state index in [1.165, 1.54) is 33.3 Å². The molecule has 0 saturated carbocycles.